The summed E-state index contributed by atoms with van der Waals surface area (Å²) in [6.07, 6.45) is 3.83. The van der Waals surface area contributed by atoms with Crippen molar-refractivity contribution in [3.8, 4) is 5.88 Å². The number of furan rings is 1. The highest BCUT2D eigenvalue weighted by molar-refractivity contribution is 6.09. The van der Waals surface area contributed by atoms with Crippen LogP contribution in [0.4, 0.5) is 0 Å². The van der Waals surface area contributed by atoms with E-state index in [1.54, 1.807) is 19.2 Å². The molecular weight excluding hydrogens is 388 g/mol. The first-order valence-electron chi connectivity index (χ1n) is 9.60. The molecule has 156 valence electrons. The average Bonchev–Trinajstić information content (AvgIpc) is 3.08. The highest BCUT2D eigenvalue weighted by Crippen LogP contribution is 2.29. The standard InChI is InChI=1S/C21H22N4O5/c1-13-18(19(26)25-21(20(22)27)5-8-28-9-6-21)15-10-17(24-11-16(15)30-13)29-12-14-4-2-3-7-23-14/h2-4,7,10-11H,5-6,8-9,12H2,1H3,(H2,22,27)(H,25,26). The molecule has 30 heavy (non-hydrogen) atoms. The fourth-order valence-electron chi connectivity index (χ4n) is 3.53. The van der Waals surface area contributed by atoms with Crippen molar-refractivity contribution in [2.24, 2.45) is 5.73 Å². The summed E-state index contributed by atoms with van der Waals surface area (Å²) in [6.45, 7) is 2.63. The lowest BCUT2D eigenvalue weighted by Gasteiger charge is -2.34. The molecule has 0 bridgehead atoms. The molecule has 0 aliphatic carbocycles. The number of carbonyl (C=O) groups excluding carboxylic acids is 2. The first-order valence-corrected chi connectivity index (χ1v) is 9.60. The largest absolute Gasteiger partial charge is 0.471 e. The molecule has 1 fully saturated rings. The third kappa shape index (κ3) is 3.84. The summed E-state index contributed by atoms with van der Waals surface area (Å²) in [7, 11) is 0. The molecule has 0 spiro atoms. The third-order valence-electron chi connectivity index (χ3n) is 5.22. The van der Waals surface area contributed by atoms with Crippen LogP contribution in [-0.2, 0) is 16.1 Å². The van der Waals surface area contributed by atoms with Crippen LogP contribution in [-0.4, -0.2) is 40.5 Å². The summed E-state index contributed by atoms with van der Waals surface area (Å²) in [6, 6.07) is 7.18. The van der Waals surface area contributed by atoms with Crippen molar-refractivity contribution in [2.45, 2.75) is 31.9 Å². The molecular formula is C21H22N4O5. The van der Waals surface area contributed by atoms with Gasteiger partial charge in [-0.05, 0) is 19.1 Å². The number of ether oxygens (including phenoxy) is 2. The Kier molecular flexibility index (Phi) is 5.37. The van der Waals surface area contributed by atoms with Gasteiger partial charge in [-0.15, -0.1) is 0 Å². The SMILES string of the molecule is Cc1oc2cnc(OCc3ccccn3)cc2c1C(=O)NC1(C(N)=O)CCOCC1. The maximum Gasteiger partial charge on any atom is 0.256 e. The van der Waals surface area contributed by atoms with E-state index in [2.05, 4.69) is 15.3 Å². The zero-order chi connectivity index (χ0) is 21.1. The highest BCUT2D eigenvalue weighted by Gasteiger charge is 2.40. The van der Waals surface area contributed by atoms with E-state index in [0.717, 1.165) is 5.69 Å². The second-order valence-corrected chi connectivity index (χ2v) is 7.17. The van der Waals surface area contributed by atoms with Gasteiger partial charge in [0.15, 0.2) is 5.58 Å². The van der Waals surface area contributed by atoms with Gasteiger partial charge in [-0.1, -0.05) is 6.07 Å². The first kappa shape index (κ1) is 19.8. The zero-order valence-electron chi connectivity index (χ0n) is 16.5. The van der Waals surface area contributed by atoms with Crippen LogP contribution in [0.25, 0.3) is 11.0 Å². The van der Waals surface area contributed by atoms with E-state index in [1.165, 1.54) is 6.20 Å². The molecule has 3 aromatic rings. The van der Waals surface area contributed by atoms with Crippen molar-refractivity contribution in [3.05, 3.63) is 53.7 Å². The predicted molar refractivity (Wildman–Crippen MR) is 107 cm³/mol. The summed E-state index contributed by atoms with van der Waals surface area (Å²) in [4.78, 5) is 33.6. The van der Waals surface area contributed by atoms with Crippen LogP contribution in [0.15, 0.2) is 41.1 Å². The molecule has 0 saturated carbocycles. The van der Waals surface area contributed by atoms with E-state index in [4.69, 9.17) is 19.6 Å². The normalized spacial score (nSPS) is 15.6. The van der Waals surface area contributed by atoms with Crippen molar-refractivity contribution < 1.29 is 23.5 Å². The molecule has 4 rings (SSSR count). The Bertz CT molecular complexity index is 1070. The van der Waals surface area contributed by atoms with Gasteiger partial charge in [-0.3, -0.25) is 14.6 Å². The number of aryl methyl sites for hydroxylation is 1. The van der Waals surface area contributed by atoms with E-state index in [0.29, 0.717) is 54.2 Å². The van der Waals surface area contributed by atoms with Crippen molar-refractivity contribution in [1.82, 2.24) is 15.3 Å². The van der Waals surface area contributed by atoms with Gasteiger partial charge < -0.3 is 24.9 Å². The maximum atomic E-state index is 13.1. The van der Waals surface area contributed by atoms with Crippen LogP contribution in [0.2, 0.25) is 0 Å². The van der Waals surface area contributed by atoms with Gasteiger partial charge in [0.25, 0.3) is 5.91 Å². The smallest absolute Gasteiger partial charge is 0.256 e. The molecule has 9 nitrogen and oxygen atoms in total. The minimum absolute atomic E-state index is 0.239. The van der Waals surface area contributed by atoms with E-state index >= 15 is 0 Å². The zero-order valence-corrected chi connectivity index (χ0v) is 16.5. The van der Waals surface area contributed by atoms with Crippen LogP contribution in [0.5, 0.6) is 5.88 Å². The first-order chi connectivity index (χ1) is 14.5. The molecule has 0 unspecified atom stereocenters. The van der Waals surface area contributed by atoms with Gasteiger partial charge >= 0.3 is 0 Å². The minimum Gasteiger partial charge on any atom is -0.471 e. The lowest BCUT2D eigenvalue weighted by atomic mass is 9.88. The molecule has 1 aliphatic heterocycles. The number of primary amides is 1. The number of hydrogen-bond donors (Lipinski definition) is 2. The molecule has 0 atom stereocenters. The van der Waals surface area contributed by atoms with Crippen LogP contribution in [0.3, 0.4) is 0 Å². The Labute approximate surface area is 172 Å². The fraction of sp³-hybridized carbons (Fsp3) is 0.333. The molecule has 3 aromatic heterocycles. The van der Waals surface area contributed by atoms with E-state index in [9.17, 15) is 9.59 Å². The highest BCUT2D eigenvalue weighted by atomic mass is 16.5. The fourth-order valence-corrected chi connectivity index (χ4v) is 3.53. The predicted octanol–water partition coefficient (Wildman–Crippen LogP) is 1.87. The summed E-state index contributed by atoms with van der Waals surface area (Å²) >= 11 is 0. The monoisotopic (exact) mass is 410 g/mol. The second kappa shape index (κ2) is 8.11. The summed E-state index contributed by atoms with van der Waals surface area (Å²) in [5, 5.41) is 3.36. The topological polar surface area (TPSA) is 130 Å². The molecule has 0 aromatic carbocycles. The van der Waals surface area contributed by atoms with Gasteiger partial charge in [0, 0.05) is 43.7 Å². The van der Waals surface area contributed by atoms with Crippen molar-refractivity contribution in [3.63, 3.8) is 0 Å². The summed E-state index contributed by atoms with van der Waals surface area (Å²) in [5.41, 5.74) is 5.98. The number of carbonyl (C=O) groups is 2. The molecule has 1 aliphatic rings. The van der Waals surface area contributed by atoms with E-state index in [-0.39, 0.29) is 6.61 Å². The Balaban J connectivity index is 1.60. The molecule has 1 saturated heterocycles. The van der Waals surface area contributed by atoms with Gasteiger partial charge in [0.1, 0.15) is 17.9 Å². The lowest BCUT2D eigenvalue weighted by molar-refractivity contribution is -0.127. The number of amides is 2. The molecule has 3 N–H and O–H groups in total. The van der Waals surface area contributed by atoms with E-state index < -0.39 is 17.4 Å². The van der Waals surface area contributed by atoms with Crippen LogP contribution >= 0.6 is 0 Å². The van der Waals surface area contributed by atoms with Crippen LogP contribution in [0.1, 0.15) is 34.7 Å². The number of nitrogens with one attached hydrogen (secondary N) is 1. The molecule has 9 heteroatoms. The van der Waals surface area contributed by atoms with Crippen molar-refractivity contribution >= 4 is 22.8 Å². The van der Waals surface area contributed by atoms with Gasteiger partial charge in [-0.25, -0.2) is 4.98 Å². The van der Waals surface area contributed by atoms with Gasteiger partial charge in [-0.2, -0.15) is 0 Å². The minimum atomic E-state index is -1.14. The Morgan fingerprint density at radius 3 is 2.77 bits per heavy atom. The number of rotatable bonds is 6. The Hall–Kier alpha value is -3.46. The van der Waals surface area contributed by atoms with Gasteiger partial charge in [0.05, 0.1) is 17.5 Å². The molecule has 2 amide bonds. The number of fused-ring (bicyclic) bond motifs is 1. The van der Waals surface area contributed by atoms with Crippen LogP contribution in [0, 0.1) is 6.92 Å². The second-order valence-electron chi connectivity index (χ2n) is 7.17. The quantitative estimate of drug-likeness (QED) is 0.634. The molecule has 0 radical (unpaired) electrons. The Morgan fingerprint density at radius 1 is 1.27 bits per heavy atom. The average molecular weight is 410 g/mol. The van der Waals surface area contributed by atoms with Crippen molar-refractivity contribution in [1.29, 1.82) is 0 Å². The van der Waals surface area contributed by atoms with E-state index in [1.807, 2.05) is 18.2 Å². The van der Waals surface area contributed by atoms with Crippen molar-refractivity contribution in [2.75, 3.05) is 13.2 Å². The summed E-state index contributed by atoms with van der Waals surface area (Å²) in [5.74, 6) is -0.268. The third-order valence-corrected chi connectivity index (χ3v) is 5.22. The maximum absolute atomic E-state index is 13.1. The number of nitrogens with two attached hydrogens (primary N) is 1. The Morgan fingerprint density at radius 2 is 2.07 bits per heavy atom. The molecule has 4 heterocycles. The number of hydrogen-bond acceptors (Lipinski definition) is 7. The number of pyridine rings is 2. The van der Waals surface area contributed by atoms with Crippen LogP contribution < -0.4 is 15.8 Å². The number of aromatic nitrogens is 2. The van der Waals surface area contributed by atoms with Gasteiger partial charge in [0.2, 0.25) is 11.8 Å². The summed E-state index contributed by atoms with van der Waals surface area (Å²) < 4.78 is 16.7. The lowest BCUT2D eigenvalue weighted by Crippen LogP contribution is -2.60. The number of nitrogens with zero attached hydrogens (tertiary/aromatic N) is 2.